The Bertz CT molecular complexity index is 979. The van der Waals surface area contributed by atoms with Crippen LogP contribution in [0.5, 0.6) is 5.75 Å². The number of benzene rings is 2. The SMILES string of the molecule is CCOc1cc(C#N)c(Cc2ccc(C3CC3)cc2)cc1[C@@H]1O[C@H](CO)[C@@H](O)[C@H](O)[C@H]1O. The first kappa shape index (κ1) is 22.7. The Morgan fingerprint density at radius 3 is 2.38 bits per heavy atom. The summed E-state index contributed by atoms with van der Waals surface area (Å²) in [5, 5.41) is 50.3. The van der Waals surface area contributed by atoms with Crippen molar-refractivity contribution in [2.45, 2.75) is 62.6 Å². The highest BCUT2D eigenvalue weighted by Gasteiger charge is 2.45. The fourth-order valence-corrected chi connectivity index (χ4v) is 4.30. The van der Waals surface area contributed by atoms with E-state index in [0.29, 0.717) is 35.8 Å². The maximum atomic E-state index is 10.6. The molecule has 4 rings (SSSR count). The van der Waals surface area contributed by atoms with E-state index < -0.39 is 37.1 Å². The number of rotatable bonds is 7. The van der Waals surface area contributed by atoms with Gasteiger partial charge in [0.15, 0.2) is 0 Å². The number of aliphatic hydroxyl groups is 4. The normalized spacial score (nSPS) is 27.7. The Morgan fingerprint density at radius 2 is 1.78 bits per heavy atom. The van der Waals surface area contributed by atoms with E-state index >= 15 is 0 Å². The molecule has 7 nitrogen and oxygen atoms in total. The zero-order valence-corrected chi connectivity index (χ0v) is 18.0. The first-order valence-corrected chi connectivity index (χ1v) is 11.1. The van der Waals surface area contributed by atoms with Crippen LogP contribution in [0.25, 0.3) is 0 Å². The minimum atomic E-state index is -1.49. The van der Waals surface area contributed by atoms with Gasteiger partial charge < -0.3 is 29.9 Å². The van der Waals surface area contributed by atoms with Crippen molar-refractivity contribution in [1.82, 2.24) is 0 Å². The fraction of sp³-hybridized carbons (Fsp3) is 0.480. The number of aliphatic hydroxyl groups excluding tert-OH is 4. The fourth-order valence-electron chi connectivity index (χ4n) is 4.30. The van der Waals surface area contributed by atoms with Crippen molar-refractivity contribution >= 4 is 0 Å². The summed E-state index contributed by atoms with van der Waals surface area (Å²) in [7, 11) is 0. The lowest BCUT2D eigenvalue weighted by molar-refractivity contribution is -0.232. The first-order chi connectivity index (χ1) is 15.5. The summed E-state index contributed by atoms with van der Waals surface area (Å²) in [6.07, 6.45) is -3.44. The highest BCUT2D eigenvalue weighted by atomic mass is 16.5. The number of nitrogens with zero attached hydrogens (tertiary/aromatic N) is 1. The van der Waals surface area contributed by atoms with Crippen LogP contribution in [0.4, 0.5) is 0 Å². The predicted molar refractivity (Wildman–Crippen MR) is 116 cm³/mol. The second-order valence-electron chi connectivity index (χ2n) is 8.53. The van der Waals surface area contributed by atoms with Crippen LogP contribution in [0.3, 0.4) is 0 Å². The van der Waals surface area contributed by atoms with E-state index in [-0.39, 0.29) is 0 Å². The molecule has 0 spiro atoms. The Hall–Kier alpha value is -2.47. The van der Waals surface area contributed by atoms with E-state index in [9.17, 15) is 25.7 Å². The second kappa shape index (κ2) is 9.57. The van der Waals surface area contributed by atoms with Crippen LogP contribution >= 0.6 is 0 Å². The van der Waals surface area contributed by atoms with Crippen LogP contribution < -0.4 is 4.74 Å². The smallest absolute Gasteiger partial charge is 0.126 e. The molecule has 4 N–H and O–H groups in total. The molecule has 2 fully saturated rings. The molecule has 5 atom stereocenters. The molecule has 0 bridgehead atoms. The Labute approximate surface area is 187 Å². The average Bonchev–Trinajstić information content (AvgIpc) is 3.65. The van der Waals surface area contributed by atoms with Gasteiger partial charge in [-0.2, -0.15) is 5.26 Å². The van der Waals surface area contributed by atoms with E-state index in [1.165, 1.54) is 18.4 Å². The molecule has 0 amide bonds. The van der Waals surface area contributed by atoms with Gasteiger partial charge in [-0.1, -0.05) is 24.3 Å². The maximum Gasteiger partial charge on any atom is 0.126 e. The summed E-state index contributed by atoms with van der Waals surface area (Å²) < 4.78 is 11.5. The molecule has 32 heavy (non-hydrogen) atoms. The molecule has 7 heteroatoms. The van der Waals surface area contributed by atoms with Crippen LogP contribution in [-0.4, -0.2) is 58.1 Å². The van der Waals surface area contributed by atoms with Gasteiger partial charge in [-0.05, 0) is 60.9 Å². The van der Waals surface area contributed by atoms with Crippen molar-refractivity contribution in [3.8, 4) is 11.8 Å². The van der Waals surface area contributed by atoms with Gasteiger partial charge in [0.1, 0.15) is 36.3 Å². The van der Waals surface area contributed by atoms with Crippen molar-refractivity contribution in [3.05, 3.63) is 64.2 Å². The predicted octanol–water partition coefficient (Wildman–Crippen LogP) is 1.94. The molecular weight excluding hydrogens is 410 g/mol. The summed E-state index contributed by atoms with van der Waals surface area (Å²) >= 11 is 0. The van der Waals surface area contributed by atoms with Crippen LogP contribution in [0.15, 0.2) is 36.4 Å². The van der Waals surface area contributed by atoms with Crippen LogP contribution in [0.1, 0.15) is 59.6 Å². The molecule has 0 aromatic heterocycles. The molecule has 170 valence electrons. The average molecular weight is 440 g/mol. The van der Waals surface area contributed by atoms with Crippen LogP contribution in [-0.2, 0) is 11.2 Å². The quantitative estimate of drug-likeness (QED) is 0.520. The second-order valence-corrected chi connectivity index (χ2v) is 8.53. The Balaban J connectivity index is 1.70. The van der Waals surface area contributed by atoms with Crippen LogP contribution in [0, 0.1) is 11.3 Å². The van der Waals surface area contributed by atoms with Gasteiger partial charge in [0.05, 0.1) is 24.8 Å². The molecule has 2 aromatic carbocycles. The number of nitriles is 1. The van der Waals surface area contributed by atoms with Gasteiger partial charge in [0, 0.05) is 5.56 Å². The third-order valence-electron chi connectivity index (χ3n) is 6.28. The lowest BCUT2D eigenvalue weighted by atomic mass is 9.88. The van der Waals surface area contributed by atoms with E-state index in [1.54, 1.807) is 19.1 Å². The van der Waals surface area contributed by atoms with E-state index in [0.717, 1.165) is 11.1 Å². The van der Waals surface area contributed by atoms with Gasteiger partial charge in [-0.25, -0.2) is 0 Å². The maximum absolute atomic E-state index is 10.6. The molecular formula is C25H29NO6. The Morgan fingerprint density at radius 1 is 1.06 bits per heavy atom. The first-order valence-electron chi connectivity index (χ1n) is 11.1. The highest BCUT2D eigenvalue weighted by Crippen LogP contribution is 2.41. The summed E-state index contributed by atoms with van der Waals surface area (Å²) in [4.78, 5) is 0. The zero-order valence-electron chi connectivity index (χ0n) is 18.0. The van der Waals surface area contributed by atoms with Gasteiger partial charge in [-0.15, -0.1) is 0 Å². The molecule has 1 aliphatic carbocycles. The van der Waals surface area contributed by atoms with Crippen molar-refractivity contribution in [2.24, 2.45) is 0 Å². The molecule has 2 aromatic rings. The van der Waals surface area contributed by atoms with Crippen molar-refractivity contribution in [3.63, 3.8) is 0 Å². The highest BCUT2D eigenvalue weighted by molar-refractivity contribution is 5.51. The van der Waals surface area contributed by atoms with Crippen LogP contribution in [0.2, 0.25) is 0 Å². The van der Waals surface area contributed by atoms with Gasteiger partial charge >= 0.3 is 0 Å². The van der Waals surface area contributed by atoms with E-state index in [2.05, 4.69) is 30.3 Å². The van der Waals surface area contributed by atoms with Gasteiger partial charge in [0.2, 0.25) is 0 Å². The third kappa shape index (κ3) is 4.51. The largest absolute Gasteiger partial charge is 0.493 e. The third-order valence-corrected chi connectivity index (χ3v) is 6.28. The minimum Gasteiger partial charge on any atom is -0.493 e. The molecule has 1 aliphatic heterocycles. The van der Waals surface area contributed by atoms with Gasteiger partial charge in [-0.3, -0.25) is 0 Å². The Kier molecular flexibility index (Phi) is 6.79. The molecule has 0 radical (unpaired) electrons. The zero-order chi connectivity index (χ0) is 22.8. The monoisotopic (exact) mass is 439 g/mol. The summed E-state index contributed by atoms with van der Waals surface area (Å²) in [6, 6.07) is 14.0. The molecule has 1 saturated heterocycles. The minimum absolute atomic E-state index is 0.331. The summed E-state index contributed by atoms with van der Waals surface area (Å²) in [6.45, 7) is 1.62. The van der Waals surface area contributed by atoms with Gasteiger partial charge in [0.25, 0.3) is 0 Å². The van der Waals surface area contributed by atoms with E-state index in [4.69, 9.17) is 9.47 Å². The van der Waals surface area contributed by atoms with Crippen molar-refractivity contribution in [2.75, 3.05) is 13.2 Å². The lowest BCUT2D eigenvalue weighted by Crippen LogP contribution is -2.55. The number of ether oxygens (including phenoxy) is 2. The molecule has 1 saturated carbocycles. The topological polar surface area (TPSA) is 123 Å². The molecule has 1 heterocycles. The van der Waals surface area contributed by atoms with Crippen molar-refractivity contribution in [1.29, 1.82) is 5.26 Å². The summed E-state index contributed by atoms with van der Waals surface area (Å²) in [5.74, 6) is 1.03. The van der Waals surface area contributed by atoms with Crippen molar-refractivity contribution < 1.29 is 29.9 Å². The standard InChI is InChI=1S/C25H29NO6/c1-2-31-20-11-18(12-26)17(9-14-3-5-15(6-4-14)16-7-8-16)10-19(20)25-24(30)23(29)22(28)21(13-27)32-25/h3-6,10-11,16,21-25,27-30H,2,7-9,13H2,1H3/t21-,22-,23+,24-,25+/m1/s1. The molecule has 0 unspecified atom stereocenters. The summed E-state index contributed by atoms with van der Waals surface area (Å²) in [5.41, 5.74) is 4.04. The van der Waals surface area contributed by atoms with E-state index in [1.807, 2.05) is 0 Å². The number of hydrogen-bond acceptors (Lipinski definition) is 7. The lowest BCUT2D eigenvalue weighted by Gasteiger charge is -2.40. The number of hydrogen-bond donors (Lipinski definition) is 4. The molecule has 2 aliphatic rings.